The average Bonchev–Trinajstić information content (AvgIpc) is 2.82. The molecule has 0 amide bonds. The van der Waals surface area contributed by atoms with Crippen LogP contribution in [0, 0.1) is 18.7 Å². The predicted octanol–water partition coefficient (Wildman–Crippen LogP) is 3.34. The smallest absolute Gasteiger partial charge is 0.123 e. The first kappa shape index (κ1) is 14.2. The Morgan fingerprint density at radius 2 is 2.05 bits per heavy atom. The van der Waals surface area contributed by atoms with E-state index in [0.717, 1.165) is 30.5 Å². The van der Waals surface area contributed by atoms with Gasteiger partial charge in [0.15, 0.2) is 0 Å². The summed E-state index contributed by atoms with van der Waals surface area (Å²) in [7, 11) is 0. The van der Waals surface area contributed by atoms with Gasteiger partial charge in [0, 0.05) is 4.88 Å². The van der Waals surface area contributed by atoms with Gasteiger partial charge in [-0.25, -0.2) is 9.37 Å². The molecule has 2 aromatic rings. The highest BCUT2D eigenvalue weighted by Crippen LogP contribution is 2.19. The van der Waals surface area contributed by atoms with Crippen molar-refractivity contribution in [1.82, 2.24) is 4.98 Å². The number of hydrogen-bond acceptors (Lipinski definition) is 3. The summed E-state index contributed by atoms with van der Waals surface area (Å²) in [6.07, 6.45) is 2.99. The second-order valence-corrected chi connectivity index (χ2v) is 5.77. The molecular formula is C15H19FN2S. The first-order valence-electron chi connectivity index (χ1n) is 6.52. The van der Waals surface area contributed by atoms with Gasteiger partial charge in [-0.2, -0.15) is 0 Å². The van der Waals surface area contributed by atoms with E-state index in [4.69, 9.17) is 5.73 Å². The topological polar surface area (TPSA) is 38.9 Å². The number of nitrogens with two attached hydrogens (primary N) is 1. The molecule has 2 nitrogen and oxygen atoms in total. The number of benzene rings is 1. The predicted molar refractivity (Wildman–Crippen MR) is 77.8 cm³/mol. The van der Waals surface area contributed by atoms with Crippen LogP contribution in [-0.2, 0) is 12.8 Å². The molecule has 0 spiro atoms. The minimum atomic E-state index is -0.187. The summed E-state index contributed by atoms with van der Waals surface area (Å²) in [6, 6.07) is 6.71. The monoisotopic (exact) mass is 278 g/mol. The van der Waals surface area contributed by atoms with E-state index >= 15 is 0 Å². The number of halogens is 1. The van der Waals surface area contributed by atoms with Crippen molar-refractivity contribution >= 4 is 11.3 Å². The third kappa shape index (κ3) is 4.11. The molecule has 0 saturated heterocycles. The minimum absolute atomic E-state index is 0.187. The maximum atomic E-state index is 12.9. The van der Waals surface area contributed by atoms with Crippen molar-refractivity contribution in [3.63, 3.8) is 0 Å². The number of nitrogens with zero attached hydrogens (tertiary/aromatic N) is 1. The third-order valence-corrected chi connectivity index (χ3v) is 4.39. The van der Waals surface area contributed by atoms with Crippen LogP contribution in [0.3, 0.4) is 0 Å². The molecule has 2 N–H and O–H groups in total. The fourth-order valence-corrected chi connectivity index (χ4v) is 2.96. The lowest BCUT2D eigenvalue weighted by atomic mass is 9.94. The summed E-state index contributed by atoms with van der Waals surface area (Å²) in [5.41, 5.74) is 10.0. The molecule has 0 aliphatic rings. The molecule has 19 heavy (non-hydrogen) atoms. The van der Waals surface area contributed by atoms with Gasteiger partial charge in [-0.3, -0.25) is 0 Å². The van der Waals surface area contributed by atoms with Crippen LogP contribution in [0.25, 0.3) is 0 Å². The summed E-state index contributed by atoms with van der Waals surface area (Å²) in [5, 5.41) is 0. The maximum absolute atomic E-state index is 12.9. The third-order valence-electron chi connectivity index (χ3n) is 3.40. The second kappa shape index (κ2) is 6.78. The van der Waals surface area contributed by atoms with Crippen molar-refractivity contribution in [3.05, 3.63) is 51.7 Å². The molecule has 4 heteroatoms. The molecule has 1 unspecified atom stereocenters. The van der Waals surface area contributed by atoms with E-state index in [1.165, 1.54) is 17.0 Å². The molecule has 0 aliphatic carbocycles. The van der Waals surface area contributed by atoms with Gasteiger partial charge in [0.2, 0.25) is 0 Å². The highest BCUT2D eigenvalue weighted by atomic mass is 32.1. The molecule has 2 rings (SSSR count). The summed E-state index contributed by atoms with van der Waals surface area (Å²) >= 11 is 1.71. The van der Waals surface area contributed by atoms with Gasteiger partial charge in [-0.05, 0) is 56.3 Å². The van der Waals surface area contributed by atoms with E-state index < -0.39 is 0 Å². The van der Waals surface area contributed by atoms with Crippen LogP contribution < -0.4 is 5.73 Å². The highest BCUT2D eigenvalue weighted by molar-refractivity contribution is 7.09. The van der Waals surface area contributed by atoms with Crippen LogP contribution in [0.2, 0.25) is 0 Å². The number of rotatable bonds is 6. The molecule has 0 bridgehead atoms. The highest BCUT2D eigenvalue weighted by Gasteiger charge is 2.10. The maximum Gasteiger partial charge on any atom is 0.123 e. The first-order valence-corrected chi connectivity index (χ1v) is 7.40. The molecule has 1 atom stereocenters. The Morgan fingerprint density at radius 3 is 2.63 bits per heavy atom. The van der Waals surface area contributed by atoms with Crippen LogP contribution >= 0.6 is 11.3 Å². The number of thiazole rings is 1. The fourth-order valence-electron chi connectivity index (χ4n) is 2.16. The Kier molecular flexibility index (Phi) is 5.05. The molecule has 102 valence electrons. The lowest BCUT2D eigenvalue weighted by molar-refractivity contribution is 0.494. The quantitative estimate of drug-likeness (QED) is 0.880. The zero-order valence-corrected chi connectivity index (χ0v) is 11.9. The lowest BCUT2D eigenvalue weighted by Gasteiger charge is -2.14. The average molecular weight is 278 g/mol. The molecule has 1 aromatic carbocycles. The van der Waals surface area contributed by atoms with Gasteiger partial charge in [-0.1, -0.05) is 12.1 Å². The Morgan fingerprint density at radius 1 is 1.32 bits per heavy atom. The number of aryl methyl sites for hydroxylation is 2. The first-order chi connectivity index (χ1) is 9.19. The van der Waals surface area contributed by atoms with Crippen LogP contribution in [0.4, 0.5) is 4.39 Å². The van der Waals surface area contributed by atoms with E-state index in [2.05, 4.69) is 4.98 Å². The zero-order chi connectivity index (χ0) is 13.7. The van der Waals surface area contributed by atoms with Crippen molar-refractivity contribution in [2.75, 3.05) is 6.54 Å². The van der Waals surface area contributed by atoms with Crippen molar-refractivity contribution in [1.29, 1.82) is 0 Å². The van der Waals surface area contributed by atoms with Crippen molar-refractivity contribution < 1.29 is 4.39 Å². The normalized spacial score (nSPS) is 12.6. The van der Waals surface area contributed by atoms with Crippen LogP contribution in [0.15, 0.2) is 29.8 Å². The van der Waals surface area contributed by atoms with Gasteiger partial charge in [0.1, 0.15) is 5.82 Å². The van der Waals surface area contributed by atoms with E-state index in [0.29, 0.717) is 12.5 Å². The van der Waals surface area contributed by atoms with Crippen LogP contribution in [-0.4, -0.2) is 11.5 Å². The summed E-state index contributed by atoms with van der Waals surface area (Å²) in [5.74, 6) is 0.250. The summed E-state index contributed by atoms with van der Waals surface area (Å²) < 4.78 is 12.9. The largest absolute Gasteiger partial charge is 0.330 e. The SMILES string of the molecule is Cc1ncsc1CCC(CN)Cc1ccc(F)cc1. The van der Waals surface area contributed by atoms with Gasteiger partial charge in [0.25, 0.3) is 0 Å². The molecular weight excluding hydrogens is 259 g/mol. The Bertz CT molecular complexity index is 507. The van der Waals surface area contributed by atoms with Crippen molar-refractivity contribution in [2.24, 2.45) is 11.7 Å². The Hall–Kier alpha value is -1.26. The molecule has 0 fully saturated rings. The van der Waals surface area contributed by atoms with Gasteiger partial charge >= 0.3 is 0 Å². The van der Waals surface area contributed by atoms with Crippen molar-refractivity contribution in [2.45, 2.75) is 26.2 Å². The standard InChI is InChI=1S/C15H19FN2S/c1-11-15(19-10-18-11)7-4-13(9-17)8-12-2-5-14(16)6-3-12/h2-3,5-6,10,13H,4,7-9,17H2,1H3. The van der Waals surface area contributed by atoms with Crippen LogP contribution in [0.1, 0.15) is 22.6 Å². The van der Waals surface area contributed by atoms with Crippen LogP contribution in [0.5, 0.6) is 0 Å². The number of aromatic nitrogens is 1. The molecule has 1 heterocycles. The summed E-state index contributed by atoms with van der Waals surface area (Å²) in [4.78, 5) is 5.60. The number of hydrogen-bond donors (Lipinski definition) is 1. The minimum Gasteiger partial charge on any atom is -0.330 e. The molecule has 1 aromatic heterocycles. The van der Waals surface area contributed by atoms with E-state index in [1.807, 2.05) is 24.6 Å². The van der Waals surface area contributed by atoms with E-state index in [-0.39, 0.29) is 5.82 Å². The van der Waals surface area contributed by atoms with E-state index in [9.17, 15) is 4.39 Å². The van der Waals surface area contributed by atoms with E-state index in [1.54, 1.807) is 11.3 Å². The van der Waals surface area contributed by atoms with Gasteiger partial charge < -0.3 is 5.73 Å². The molecule has 0 radical (unpaired) electrons. The molecule has 0 saturated carbocycles. The van der Waals surface area contributed by atoms with Gasteiger partial charge in [0.05, 0.1) is 11.2 Å². The second-order valence-electron chi connectivity index (χ2n) is 4.83. The van der Waals surface area contributed by atoms with Gasteiger partial charge in [-0.15, -0.1) is 11.3 Å². The molecule has 0 aliphatic heterocycles. The summed E-state index contributed by atoms with van der Waals surface area (Å²) in [6.45, 7) is 2.71. The zero-order valence-electron chi connectivity index (χ0n) is 11.1. The fraction of sp³-hybridized carbons (Fsp3) is 0.400. The Labute approximate surface area is 117 Å². The lowest BCUT2D eigenvalue weighted by Crippen LogP contribution is -2.17. The van der Waals surface area contributed by atoms with Crippen molar-refractivity contribution in [3.8, 4) is 0 Å². The Balaban J connectivity index is 1.90.